The molecule has 3 atom stereocenters. The maximum Gasteiger partial charge on any atom is 0.246 e. The lowest BCUT2D eigenvalue weighted by Crippen LogP contribution is -2.55. The minimum Gasteiger partial charge on any atom is -0.374 e. The maximum atomic E-state index is 13.6. The Labute approximate surface area is 228 Å². The molecule has 3 aliphatic heterocycles. The number of nitrogens with one attached hydrogen (secondary N) is 1. The van der Waals surface area contributed by atoms with Crippen LogP contribution in [0.5, 0.6) is 0 Å². The van der Waals surface area contributed by atoms with Gasteiger partial charge in [0.1, 0.15) is 18.1 Å². The number of amides is 4. The Kier molecular flexibility index (Phi) is 9.84. The van der Waals surface area contributed by atoms with Crippen molar-refractivity contribution in [2.75, 3.05) is 26.2 Å². The summed E-state index contributed by atoms with van der Waals surface area (Å²) >= 11 is 0. The number of rotatable bonds is 11. The minimum atomic E-state index is -0.595. The summed E-state index contributed by atoms with van der Waals surface area (Å²) in [7, 11) is 0. The van der Waals surface area contributed by atoms with Crippen molar-refractivity contribution in [3.05, 3.63) is 0 Å². The molecular weight excluding hydrogens is 486 g/mol. The summed E-state index contributed by atoms with van der Waals surface area (Å²) in [6, 6.07) is -1.38. The predicted octanol–water partition coefficient (Wildman–Crippen LogP) is 1.80. The van der Waals surface area contributed by atoms with Crippen molar-refractivity contribution in [3.8, 4) is 0 Å². The van der Waals surface area contributed by atoms with Crippen molar-refractivity contribution < 1.29 is 23.9 Å². The van der Waals surface area contributed by atoms with Gasteiger partial charge in [-0.3, -0.25) is 19.2 Å². The maximum absolute atomic E-state index is 13.6. The zero-order chi connectivity index (χ0) is 28.3. The molecule has 0 radical (unpaired) electrons. The van der Waals surface area contributed by atoms with Gasteiger partial charge in [0.15, 0.2) is 0 Å². The summed E-state index contributed by atoms with van der Waals surface area (Å²) in [5, 5.41) is 3.49. The van der Waals surface area contributed by atoms with E-state index < -0.39 is 29.6 Å². The van der Waals surface area contributed by atoms with Crippen LogP contribution in [0.25, 0.3) is 0 Å². The smallest absolute Gasteiger partial charge is 0.246 e. The third-order valence-corrected chi connectivity index (χ3v) is 7.99. The van der Waals surface area contributed by atoms with Crippen LogP contribution in [0.4, 0.5) is 0 Å². The van der Waals surface area contributed by atoms with Crippen molar-refractivity contribution in [2.24, 2.45) is 5.73 Å². The molecule has 0 aromatic heterocycles. The highest BCUT2D eigenvalue weighted by atomic mass is 16.5. The van der Waals surface area contributed by atoms with Gasteiger partial charge in [-0.25, -0.2) is 0 Å². The third-order valence-electron chi connectivity index (χ3n) is 7.99. The van der Waals surface area contributed by atoms with Crippen LogP contribution < -0.4 is 11.1 Å². The molecular formula is C28H49N5O5. The number of ether oxygens (including phenoxy) is 1. The van der Waals surface area contributed by atoms with Crippen LogP contribution in [0.2, 0.25) is 0 Å². The summed E-state index contributed by atoms with van der Waals surface area (Å²) in [4.78, 5) is 57.0. The van der Waals surface area contributed by atoms with Crippen molar-refractivity contribution in [2.45, 2.75) is 128 Å². The summed E-state index contributed by atoms with van der Waals surface area (Å²) < 4.78 is 6.19. The summed E-state index contributed by atoms with van der Waals surface area (Å²) in [6.45, 7) is 14.4. The predicted molar refractivity (Wildman–Crippen MR) is 145 cm³/mol. The molecule has 216 valence electrons. The van der Waals surface area contributed by atoms with Gasteiger partial charge in [0.25, 0.3) is 0 Å². The van der Waals surface area contributed by atoms with Crippen molar-refractivity contribution in [1.82, 2.24) is 20.0 Å². The highest BCUT2D eigenvalue weighted by Gasteiger charge is 2.45. The average Bonchev–Trinajstić information content (AvgIpc) is 3.59. The molecule has 3 aliphatic rings. The molecule has 3 unspecified atom stereocenters. The van der Waals surface area contributed by atoms with Gasteiger partial charge in [-0.1, -0.05) is 13.8 Å². The molecule has 3 rings (SSSR count). The molecule has 0 aromatic rings. The normalized spacial score (nSPS) is 24.5. The van der Waals surface area contributed by atoms with E-state index in [4.69, 9.17) is 10.5 Å². The lowest BCUT2D eigenvalue weighted by molar-refractivity contribution is -0.150. The first-order chi connectivity index (χ1) is 17.7. The number of primary amides is 1. The monoisotopic (exact) mass is 535 g/mol. The Morgan fingerprint density at radius 3 is 1.84 bits per heavy atom. The van der Waals surface area contributed by atoms with E-state index in [-0.39, 0.29) is 23.3 Å². The molecule has 3 N–H and O–H groups in total. The lowest BCUT2D eigenvalue weighted by Gasteiger charge is -2.35. The summed E-state index contributed by atoms with van der Waals surface area (Å²) in [5.74, 6) is -0.890. The molecule has 3 saturated heterocycles. The number of nitrogens with two attached hydrogens (primary N) is 1. The van der Waals surface area contributed by atoms with E-state index in [1.54, 1.807) is 14.7 Å². The van der Waals surface area contributed by atoms with Gasteiger partial charge >= 0.3 is 0 Å². The first-order valence-corrected chi connectivity index (χ1v) is 14.3. The molecule has 0 aliphatic carbocycles. The largest absolute Gasteiger partial charge is 0.374 e. The molecule has 10 heteroatoms. The molecule has 3 fully saturated rings. The lowest BCUT2D eigenvalue weighted by atomic mass is 10.00. The van der Waals surface area contributed by atoms with E-state index in [9.17, 15) is 19.2 Å². The standard InChI is InChI=1S/C28H49N5O5/c1-19(2)30-27(3,4)18-38-28(5,6)14-13-23(34)31-15-8-11-21(31)25(36)33-17-9-12-22(33)26(37)32-16-7-10-20(32)24(29)35/h19-22,30H,7-18H2,1-6H3,(H2,29,35). The Morgan fingerprint density at radius 2 is 1.32 bits per heavy atom. The van der Waals surface area contributed by atoms with Crippen LogP contribution in [0.3, 0.4) is 0 Å². The van der Waals surface area contributed by atoms with Crippen LogP contribution in [0.15, 0.2) is 0 Å². The first kappa shape index (κ1) is 30.3. The fourth-order valence-electron chi connectivity index (χ4n) is 6.14. The first-order valence-electron chi connectivity index (χ1n) is 14.3. The third kappa shape index (κ3) is 7.46. The van der Waals surface area contributed by atoms with Gasteiger partial charge in [0, 0.05) is 37.6 Å². The number of carbonyl (C=O) groups excluding carboxylic acids is 4. The van der Waals surface area contributed by atoms with Crippen LogP contribution in [-0.4, -0.2) is 99.9 Å². The quantitative estimate of drug-likeness (QED) is 0.416. The van der Waals surface area contributed by atoms with E-state index in [1.165, 1.54) is 0 Å². The number of likely N-dealkylation sites (tertiary alicyclic amines) is 3. The Balaban J connectivity index is 1.58. The highest BCUT2D eigenvalue weighted by molar-refractivity contribution is 5.95. The van der Waals surface area contributed by atoms with Crippen LogP contribution in [0, 0.1) is 0 Å². The molecule has 0 saturated carbocycles. The Morgan fingerprint density at radius 1 is 0.842 bits per heavy atom. The highest BCUT2D eigenvalue weighted by Crippen LogP contribution is 2.29. The van der Waals surface area contributed by atoms with E-state index in [0.717, 1.165) is 19.3 Å². The second-order valence-corrected chi connectivity index (χ2v) is 12.8. The average molecular weight is 536 g/mol. The zero-order valence-corrected chi connectivity index (χ0v) is 24.3. The molecule has 0 aromatic carbocycles. The van der Waals surface area contributed by atoms with E-state index >= 15 is 0 Å². The van der Waals surface area contributed by atoms with Gasteiger partial charge in [0.2, 0.25) is 23.6 Å². The fourth-order valence-corrected chi connectivity index (χ4v) is 6.14. The van der Waals surface area contributed by atoms with Crippen molar-refractivity contribution in [1.29, 1.82) is 0 Å². The number of nitrogens with zero attached hydrogens (tertiary/aromatic N) is 3. The topological polar surface area (TPSA) is 125 Å². The van der Waals surface area contributed by atoms with Crippen molar-refractivity contribution in [3.63, 3.8) is 0 Å². The van der Waals surface area contributed by atoms with Gasteiger partial charge in [-0.05, 0) is 72.6 Å². The molecule has 3 heterocycles. The molecule has 0 bridgehead atoms. The Bertz CT molecular complexity index is 889. The van der Waals surface area contributed by atoms with Gasteiger partial charge in [0.05, 0.1) is 12.2 Å². The molecule has 10 nitrogen and oxygen atoms in total. The summed E-state index contributed by atoms with van der Waals surface area (Å²) in [6.07, 6.45) is 4.81. The van der Waals surface area contributed by atoms with Gasteiger partial charge < -0.3 is 30.5 Å². The summed E-state index contributed by atoms with van der Waals surface area (Å²) in [5.41, 5.74) is 4.85. The fraction of sp³-hybridized carbons (Fsp3) is 0.857. The number of hydrogen-bond acceptors (Lipinski definition) is 6. The second-order valence-electron chi connectivity index (χ2n) is 12.8. The number of carbonyl (C=O) groups is 4. The van der Waals surface area contributed by atoms with Crippen LogP contribution >= 0.6 is 0 Å². The van der Waals surface area contributed by atoms with E-state index in [0.29, 0.717) is 64.4 Å². The van der Waals surface area contributed by atoms with Crippen molar-refractivity contribution >= 4 is 23.6 Å². The minimum absolute atomic E-state index is 0.0486. The number of hydrogen-bond donors (Lipinski definition) is 2. The van der Waals surface area contributed by atoms with Gasteiger partial charge in [-0.2, -0.15) is 0 Å². The zero-order valence-electron chi connectivity index (χ0n) is 24.3. The van der Waals surface area contributed by atoms with Crippen LogP contribution in [-0.2, 0) is 23.9 Å². The molecule has 0 spiro atoms. The second kappa shape index (κ2) is 12.3. The van der Waals surface area contributed by atoms with E-state index in [1.807, 2.05) is 13.8 Å². The Hall–Kier alpha value is -2.20. The SMILES string of the molecule is CC(C)NC(C)(C)COC(C)(C)CCC(=O)N1CCCC1C(=O)N1CCCC1C(=O)N1CCCC1C(N)=O. The van der Waals surface area contributed by atoms with E-state index in [2.05, 4.69) is 33.0 Å². The molecule has 38 heavy (non-hydrogen) atoms. The molecule has 4 amide bonds. The van der Waals surface area contributed by atoms with Crippen LogP contribution in [0.1, 0.15) is 92.9 Å². The van der Waals surface area contributed by atoms with Gasteiger partial charge in [-0.15, -0.1) is 0 Å².